The zero-order chi connectivity index (χ0) is 25.4. The number of aromatic nitrogens is 5. The van der Waals surface area contributed by atoms with Crippen molar-refractivity contribution in [2.45, 2.75) is 24.2 Å². The maximum absolute atomic E-state index is 13.1. The maximum atomic E-state index is 13.1. The highest BCUT2D eigenvalue weighted by Gasteiger charge is 2.32. The highest BCUT2D eigenvalue weighted by Crippen LogP contribution is 2.35. The Morgan fingerprint density at radius 2 is 1.46 bits per heavy atom. The van der Waals surface area contributed by atoms with Gasteiger partial charge in [-0.1, -0.05) is 19.1 Å². The number of hydrogen-bond acceptors (Lipinski definition) is 5. The third kappa shape index (κ3) is 5.16. The fourth-order valence-electron chi connectivity index (χ4n) is 3.36. The van der Waals surface area contributed by atoms with Crippen molar-refractivity contribution in [1.29, 1.82) is 0 Å². The average molecular weight is 509 g/mol. The van der Waals surface area contributed by atoms with Crippen molar-refractivity contribution in [2.75, 3.05) is 5.75 Å². The van der Waals surface area contributed by atoms with Gasteiger partial charge in [-0.3, -0.25) is 4.98 Å². The molecular weight excluding hydrogens is 492 g/mol. The molecule has 4 aromatic rings. The molecule has 1 aromatic carbocycles. The molecular formula is C23H17F6N5S. The fourth-order valence-corrected chi connectivity index (χ4v) is 4.11. The van der Waals surface area contributed by atoms with E-state index in [1.165, 1.54) is 28.5 Å². The first-order valence-corrected chi connectivity index (χ1v) is 11.2. The summed E-state index contributed by atoms with van der Waals surface area (Å²) in [4.78, 5) is 9.36. The van der Waals surface area contributed by atoms with Gasteiger partial charge in [0.25, 0.3) is 0 Å². The molecule has 3 aromatic heterocycles. The molecule has 0 unspecified atom stereocenters. The molecule has 0 radical (unpaired) electrons. The van der Waals surface area contributed by atoms with E-state index in [2.05, 4.69) is 20.2 Å². The monoisotopic (exact) mass is 509 g/mol. The molecule has 35 heavy (non-hydrogen) atoms. The molecule has 0 aliphatic rings. The van der Waals surface area contributed by atoms with E-state index in [4.69, 9.17) is 0 Å². The number of nitrogens with zero attached hydrogens (tertiary/aromatic N) is 5. The molecule has 3 heterocycles. The molecule has 0 atom stereocenters. The molecule has 5 nitrogen and oxygen atoms in total. The predicted octanol–water partition coefficient (Wildman–Crippen LogP) is 6.76. The van der Waals surface area contributed by atoms with Gasteiger partial charge in [-0.15, -0.1) is 22.0 Å². The molecule has 4 rings (SSSR count). The second-order valence-corrected chi connectivity index (χ2v) is 8.69. The van der Waals surface area contributed by atoms with Crippen molar-refractivity contribution in [3.63, 3.8) is 0 Å². The van der Waals surface area contributed by atoms with Crippen LogP contribution in [0.3, 0.4) is 0 Å². The number of alkyl halides is 6. The molecule has 0 saturated heterocycles. The lowest BCUT2D eigenvalue weighted by Crippen LogP contribution is -2.06. The standard InChI is InChI=1S/C23H17F6N5S/c1-3-35-18-9-8-16(13-4-6-14(7-5-13)22(24,25)26)31-19(18)21-33-32-20(34(21)2)17-12-15(10-11-30-17)23(27,28)29/h4-12H,3H2,1-2H3. The van der Waals surface area contributed by atoms with E-state index < -0.39 is 23.5 Å². The number of rotatable bonds is 5. The van der Waals surface area contributed by atoms with E-state index in [-0.39, 0.29) is 17.3 Å². The lowest BCUT2D eigenvalue weighted by atomic mass is 10.1. The first-order chi connectivity index (χ1) is 16.5. The minimum atomic E-state index is -4.54. The third-order valence-electron chi connectivity index (χ3n) is 5.07. The summed E-state index contributed by atoms with van der Waals surface area (Å²) in [7, 11) is 1.58. The molecule has 0 bridgehead atoms. The van der Waals surface area contributed by atoms with Crippen LogP contribution in [-0.2, 0) is 19.4 Å². The van der Waals surface area contributed by atoms with E-state index in [0.29, 0.717) is 22.7 Å². The van der Waals surface area contributed by atoms with Crippen LogP contribution in [0.1, 0.15) is 18.1 Å². The van der Waals surface area contributed by atoms with Gasteiger partial charge in [0.2, 0.25) is 0 Å². The van der Waals surface area contributed by atoms with Gasteiger partial charge in [0.05, 0.1) is 16.8 Å². The highest BCUT2D eigenvalue weighted by molar-refractivity contribution is 7.99. The maximum Gasteiger partial charge on any atom is 0.416 e. The average Bonchev–Trinajstić information content (AvgIpc) is 3.20. The Balaban J connectivity index is 1.78. The van der Waals surface area contributed by atoms with Gasteiger partial charge < -0.3 is 4.57 Å². The lowest BCUT2D eigenvalue weighted by Gasteiger charge is -2.12. The molecule has 0 aliphatic carbocycles. The number of benzene rings is 1. The summed E-state index contributed by atoms with van der Waals surface area (Å²) in [6.45, 7) is 1.94. The molecule has 0 fully saturated rings. The van der Waals surface area contributed by atoms with Crippen LogP contribution in [0.4, 0.5) is 26.3 Å². The van der Waals surface area contributed by atoms with Crippen molar-refractivity contribution in [3.05, 3.63) is 65.9 Å². The molecule has 182 valence electrons. The molecule has 0 saturated carbocycles. The summed E-state index contributed by atoms with van der Waals surface area (Å²) >= 11 is 1.47. The van der Waals surface area contributed by atoms with Crippen molar-refractivity contribution in [2.24, 2.45) is 7.05 Å². The quantitative estimate of drug-likeness (QED) is 0.220. The number of halogens is 6. The Bertz CT molecular complexity index is 1350. The minimum Gasteiger partial charge on any atom is -0.307 e. The molecule has 12 heteroatoms. The van der Waals surface area contributed by atoms with E-state index >= 15 is 0 Å². The van der Waals surface area contributed by atoms with E-state index in [1.807, 2.05) is 6.92 Å². The van der Waals surface area contributed by atoms with E-state index in [1.54, 1.807) is 19.2 Å². The zero-order valence-corrected chi connectivity index (χ0v) is 19.1. The SMILES string of the molecule is CCSc1ccc(-c2ccc(C(F)(F)F)cc2)nc1-c1nnc(-c2cc(C(F)(F)F)ccn2)n1C. The van der Waals surface area contributed by atoms with Crippen molar-refractivity contribution >= 4 is 11.8 Å². The Labute approximate surface area is 200 Å². The smallest absolute Gasteiger partial charge is 0.307 e. The van der Waals surface area contributed by atoms with Crippen LogP contribution in [0.25, 0.3) is 34.3 Å². The molecule has 0 spiro atoms. The van der Waals surface area contributed by atoms with Crippen LogP contribution in [0.5, 0.6) is 0 Å². The lowest BCUT2D eigenvalue weighted by molar-refractivity contribution is -0.138. The Morgan fingerprint density at radius 3 is 2.09 bits per heavy atom. The second-order valence-electron chi connectivity index (χ2n) is 7.39. The molecule has 0 amide bonds. The Kier molecular flexibility index (Phi) is 6.58. The van der Waals surface area contributed by atoms with Crippen molar-refractivity contribution in [3.8, 4) is 34.3 Å². The number of thioether (sulfide) groups is 1. The summed E-state index contributed by atoms with van der Waals surface area (Å²) < 4.78 is 79.7. The first-order valence-electron chi connectivity index (χ1n) is 10.2. The molecule has 0 aliphatic heterocycles. The van der Waals surface area contributed by atoms with Gasteiger partial charge in [-0.2, -0.15) is 26.3 Å². The Morgan fingerprint density at radius 1 is 0.800 bits per heavy atom. The van der Waals surface area contributed by atoms with Crippen LogP contribution in [0, 0.1) is 0 Å². The van der Waals surface area contributed by atoms with Crippen LogP contribution in [0.2, 0.25) is 0 Å². The van der Waals surface area contributed by atoms with Crippen molar-refractivity contribution in [1.82, 2.24) is 24.7 Å². The van der Waals surface area contributed by atoms with Gasteiger partial charge in [-0.25, -0.2) is 4.98 Å². The summed E-state index contributed by atoms with van der Waals surface area (Å²) in [6.07, 6.45) is -7.94. The van der Waals surface area contributed by atoms with Crippen LogP contribution in [0.15, 0.2) is 59.6 Å². The van der Waals surface area contributed by atoms with Crippen LogP contribution in [-0.4, -0.2) is 30.5 Å². The van der Waals surface area contributed by atoms with Crippen molar-refractivity contribution < 1.29 is 26.3 Å². The third-order valence-corrected chi connectivity index (χ3v) is 6.00. The number of hydrogen-bond donors (Lipinski definition) is 0. The Hall–Kier alpha value is -3.41. The fraction of sp³-hybridized carbons (Fsp3) is 0.217. The van der Waals surface area contributed by atoms with Gasteiger partial charge in [0.1, 0.15) is 11.4 Å². The summed E-state index contributed by atoms with van der Waals surface area (Å²) in [5.74, 6) is 1.10. The normalized spacial score (nSPS) is 12.2. The van der Waals surface area contributed by atoms with Gasteiger partial charge in [0, 0.05) is 23.7 Å². The number of pyridine rings is 2. The largest absolute Gasteiger partial charge is 0.416 e. The van der Waals surface area contributed by atoms with Gasteiger partial charge >= 0.3 is 12.4 Å². The summed E-state index contributed by atoms with van der Waals surface area (Å²) in [6, 6.07) is 9.84. The highest BCUT2D eigenvalue weighted by atomic mass is 32.2. The van der Waals surface area contributed by atoms with E-state index in [0.717, 1.165) is 35.4 Å². The minimum absolute atomic E-state index is 0.00957. The summed E-state index contributed by atoms with van der Waals surface area (Å²) in [5.41, 5.74) is -0.361. The van der Waals surface area contributed by atoms with E-state index in [9.17, 15) is 26.3 Å². The second kappa shape index (κ2) is 9.33. The van der Waals surface area contributed by atoms with Crippen LogP contribution >= 0.6 is 11.8 Å². The zero-order valence-electron chi connectivity index (χ0n) is 18.3. The van der Waals surface area contributed by atoms with Gasteiger partial charge in [-0.05, 0) is 42.2 Å². The summed E-state index contributed by atoms with van der Waals surface area (Å²) in [5, 5.41) is 8.18. The van der Waals surface area contributed by atoms with Gasteiger partial charge in [0.15, 0.2) is 11.6 Å². The first kappa shape index (κ1) is 24.7. The topological polar surface area (TPSA) is 56.5 Å². The van der Waals surface area contributed by atoms with Crippen LogP contribution < -0.4 is 0 Å². The molecule has 0 N–H and O–H groups in total. The predicted molar refractivity (Wildman–Crippen MR) is 119 cm³/mol.